The zero-order chi connectivity index (χ0) is 14.0. The molecule has 0 bridgehead atoms. The van der Waals surface area contributed by atoms with Gasteiger partial charge < -0.3 is 0 Å². The second-order valence-corrected chi connectivity index (χ2v) is 4.07. The van der Waals surface area contributed by atoms with Crippen LogP contribution in [0.3, 0.4) is 0 Å². The Labute approximate surface area is 119 Å². The van der Waals surface area contributed by atoms with E-state index in [2.05, 4.69) is 28.7 Å². The van der Waals surface area contributed by atoms with Gasteiger partial charge in [-0.2, -0.15) is 0 Å². The molecule has 3 rings (SSSR count). The standard InChI is InChI=1S/C13H11N.C5H5N/c1-2-11-6-8-12(9-7-11)13-5-3-4-10-14-13;1-2-4-6-5-3-1/h2-10H,1H2;1-5H. The zero-order valence-corrected chi connectivity index (χ0v) is 11.2. The van der Waals surface area contributed by atoms with Gasteiger partial charge in [0.15, 0.2) is 0 Å². The van der Waals surface area contributed by atoms with Crippen molar-refractivity contribution in [3.05, 3.63) is 91.4 Å². The average Bonchev–Trinajstić information content (AvgIpc) is 2.58. The van der Waals surface area contributed by atoms with Crippen molar-refractivity contribution in [3.8, 4) is 11.3 Å². The summed E-state index contributed by atoms with van der Waals surface area (Å²) in [6, 6.07) is 19.8. The van der Waals surface area contributed by atoms with Gasteiger partial charge in [-0.15, -0.1) is 0 Å². The summed E-state index contributed by atoms with van der Waals surface area (Å²) in [5, 5.41) is 0. The van der Waals surface area contributed by atoms with Crippen LogP contribution in [-0.2, 0) is 0 Å². The van der Waals surface area contributed by atoms with E-state index in [9.17, 15) is 0 Å². The van der Waals surface area contributed by atoms with E-state index in [4.69, 9.17) is 0 Å². The van der Waals surface area contributed by atoms with Gasteiger partial charge in [0.05, 0.1) is 5.69 Å². The van der Waals surface area contributed by atoms with Crippen LogP contribution >= 0.6 is 0 Å². The summed E-state index contributed by atoms with van der Waals surface area (Å²) >= 11 is 0. The number of rotatable bonds is 2. The SMILES string of the molecule is C=Cc1ccc(-c2ccccn2)cc1.c1ccncc1. The van der Waals surface area contributed by atoms with Crippen molar-refractivity contribution in [2.75, 3.05) is 0 Å². The fourth-order valence-electron chi connectivity index (χ4n) is 1.64. The Morgan fingerprint density at radius 2 is 1.45 bits per heavy atom. The smallest absolute Gasteiger partial charge is 0.0701 e. The molecule has 0 atom stereocenters. The van der Waals surface area contributed by atoms with E-state index in [-0.39, 0.29) is 0 Å². The molecular weight excluding hydrogens is 244 g/mol. The molecule has 2 heteroatoms. The average molecular weight is 260 g/mol. The minimum atomic E-state index is 1.00. The third-order valence-corrected chi connectivity index (χ3v) is 2.67. The molecule has 0 amide bonds. The van der Waals surface area contributed by atoms with Crippen LogP contribution in [0.2, 0.25) is 0 Å². The van der Waals surface area contributed by atoms with E-state index in [1.807, 2.05) is 54.6 Å². The fraction of sp³-hybridized carbons (Fsp3) is 0. The second kappa shape index (κ2) is 7.64. The molecule has 0 unspecified atom stereocenters. The van der Waals surface area contributed by atoms with Gasteiger partial charge in [-0.05, 0) is 29.8 Å². The van der Waals surface area contributed by atoms with Gasteiger partial charge >= 0.3 is 0 Å². The van der Waals surface area contributed by atoms with E-state index >= 15 is 0 Å². The Kier molecular flexibility index (Phi) is 5.23. The number of nitrogens with zero attached hydrogens (tertiary/aromatic N) is 2. The summed E-state index contributed by atoms with van der Waals surface area (Å²) in [5.41, 5.74) is 3.27. The Bertz CT molecular complexity index is 590. The second-order valence-electron chi connectivity index (χ2n) is 4.07. The first kappa shape index (κ1) is 13.7. The summed E-state index contributed by atoms with van der Waals surface area (Å²) in [6.07, 6.45) is 7.14. The first-order valence-electron chi connectivity index (χ1n) is 6.39. The van der Waals surface area contributed by atoms with Gasteiger partial charge in [-0.3, -0.25) is 9.97 Å². The summed E-state index contributed by atoms with van der Waals surface area (Å²) in [5.74, 6) is 0. The lowest BCUT2D eigenvalue weighted by Crippen LogP contribution is -1.81. The molecule has 2 heterocycles. The van der Waals surface area contributed by atoms with Gasteiger partial charge in [0.1, 0.15) is 0 Å². The van der Waals surface area contributed by atoms with E-state index in [1.165, 1.54) is 0 Å². The van der Waals surface area contributed by atoms with Crippen LogP contribution in [0.1, 0.15) is 5.56 Å². The molecule has 1 aromatic carbocycles. The summed E-state index contributed by atoms with van der Waals surface area (Å²) in [4.78, 5) is 8.06. The van der Waals surface area contributed by atoms with Gasteiger partial charge in [0, 0.05) is 24.2 Å². The molecule has 0 N–H and O–H groups in total. The normalized spacial score (nSPS) is 9.20. The van der Waals surface area contributed by atoms with Crippen molar-refractivity contribution < 1.29 is 0 Å². The minimum Gasteiger partial charge on any atom is -0.265 e. The Balaban J connectivity index is 0.000000205. The molecule has 0 aliphatic heterocycles. The highest BCUT2D eigenvalue weighted by Gasteiger charge is 1.96. The Morgan fingerprint density at radius 3 is 1.90 bits per heavy atom. The first-order valence-corrected chi connectivity index (χ1v) is 6.39. The van der Waals surface area contributed by atoms with Crippen molar-refractivity contribution in [2.24, 2.45) is 0 Å². The van der Waals surface area contributed by atoms with E-state index < -0.39 is 0 Å². The number of benzene rings is 1. The lowest BCUT2D eigenvalue weighted by molar-refractivity contribution is 1.33. The van der Waals surface area contributed by atoms with Crippen molar-refractivity contribution in [1.29, 1.82) is 0 Å². The maximum absolute atomic E-state index is 4.28. The quantitative estimate of drug-likeness (QED) is 0.679. The summed E-state index contributed by atoms with van der Waals surface area (Å²) < 4.78 is 0. The van der Waals surface area contributed by atoms with Crippen LogP contribution in [0, 0.1) is 0 Å². The predicted molar refractivity (Wildman–Crippen MR) is 84.0 cm³/mol. The van der Waals surface area contributed by atoms with Crippen LogP contribution in [0.15, 0.2) is 85.8 Å². The predicted octanol–water partition coefficient (Wildman–Crippen LogP) is 4.47. The number of hydrogen-bond acceptors (Lipinski definition) is 2. The van der Waals surface area contributed by atoms with Crippen LogP contribution in [0.5, 0.6) is 0 Å². The molecule has 0 saturated heterocycles. The minimum absolute atomic E-state index is 1.00. The largest absolute Gasteiger partial charge is 0.265 e. The zero-order valence-electron chi connectivity index (χ0n) is 11.2. The number of hydrogen-bond donors (Lipinski definition) is 0. The van der Waals surface area contributed by atoms with Crippen LogP contribution in [0.4, 0.5) is 0 Å². The molecule has 0 spiro atoms. The highest BCUT2D eigenvalue weighted by molar-refractivity contribution is 5.61. The lowest BCUT2D eigenvalue weighted by Gasteiger charge is -2.00. The van der Waals surface area contributed by atoms with Crippen LogP contribution in [-0.4, -0.2) is 9.97 Å². The van der Waals surface area contributed by atoms with E-state index in [0.717, 1.165) is 16.8 Å². The third-order valence-electron chi connectivity index (χ3n) is 2.67. The molecule has 0 saturated carbocycles. The fourth-order valence-corrected chi connectivity index (χ4v) is 1.64. The maximum Gasteiger partial charge on any atom is 0.0701 e. The van der Waals surface area contributed by atoms with Gasteiger partial charge in [0.2, 0.25) is 0 Å². The van der Waals surface area contributed by atoms with Crippen molar-refractivity contribution in [2.45, 2.75) is 0 Å². The van der Waals surface area contributed by atoms with Crippen molar-refractivity contribution in [3.63, 3.8) is 0 Å². The van der Waals surface area contributed by atoms with Crippen molar-refractivity contribution >= 4 is 6.08 Å². The van der Waals surface area contributed by atoms with E-state index in [1.54, 1.807) is 18.6 Å². The molecule has 20 heavy (non-hydrogen) atoms. The molecule has 0 radical (unpaired) electrons. The summed E-state index contributed by atoms with van der Waals surface area (Å²) in [6.45, 7) is 3.72. The van der Waals surface area contributed by atoms with Crippen LogP contribution in [0.25, 0.3) is 17.3 Å². The molecular formula is C18H16N2. The number of aromatic nitrogens is 2. The third kappa shape index (κ3) is 4.18. The van der Waals surface area contributed by atoms with Gasteiger partial charge in [-0.1, -0.05) is 49.1 Å². The topological polar surface area (TPSA) is 25.8 Å². The molecule has 0 aliphatic rings. The van der Waals surface area contributed by atoms with Crippen LogP contribution < -0.4 is 0 Å². The maximum atomic E-state index is 4.28. The summed E-state index contributed by atoms with van der Waals surface area (Å²) in [7, 11) is 0. The van der Waals surface area contributed by atoms with Gasteiger partial charge in [-0.25, -0.2) is 0 Å². The first-order chi connectivity index (χ1) is 9.90. The van der Waals surface area contributed by atoms with E-state index in [0.29, 0.717) is 0 Å². The molecule has 0 fully saturated rings. The molecule has 2 aromatic heterocycles. The lowest BCUT2D eigenvalue weighted by atomic mass is 10.1. The highest BCUT2D eigenvalue weighted by Crippen LogP contribution is 2.16. The molecule has 98 valence electrons. The Morgan fingerprint density at radius 1 is 0.750 bits per heavy atom. The highest BCUT2D eigenvalue weighted by atomic mass is 14.7. The van der Waals surface area contributed by atoms with Crippen molar-refractivity contribution in [1.82, 2.24) is 9.97 Å². The molecule has 3 aromatic rings. The monoisotopic (exact) mass is 260 g/mol. The molecule has 2 nitrogen and oxygen atoms in total. The number of pyridine rings is 2. The Hall–Kier alpha value is -2.74. The molecule has 0 aliphatic carbocycles. The van der Waals surface area contributed by atoms with Gasteiger partial charge in [0.25, 0.3) is 0 Å².